The number of amides is 1. The van der Waals surface area contributed by atoms with Gasteiger partial charge in [-0.1, -0.05) is 6.07 Å². The van der Waals surface area contributed by atoms with Crippen LogP contribution in [0.25, 0.3) is 0 Å². The fourth-order valence-electron chi connectivity index (χ4n) is 8.38. The first-order valence-electron chi connectivity index (χ1n) is 11.1. The first kappa shape index (κ1) is 19.8. The van der Waals surface area contributed by atoms with Gasteiger partial charge in [0.25, 0.3) is 0 Å². The molecule has 2 saturated carbocycles. The number of carbonyl (C=O) groups excluding carboxylic acids is 3. The van der Waals surface area contributed by atoms with Gasteiger partial charge in [0.1, 0.15) is 5.78 Å². The van der Waals surface area contributed by atoms with Crippen LogP contribution in [0.1, 0.15) is 37.7 Å². The number of phenols is 2. The van der Waals surface area contributed by atoms with Gasteiger partial charge >= 0.3 is 12.1 Å². The summed E-state index contributed by atoms with van der Waals surface area (Å²) in [4.78, 5) is 44.2. The Kier molecular flexibility index (Phi) is 3.69. The van der Waals surface area contributed by atoms with Crippen molar-refractivity contribution >= 4 is 23.5 Å². The number of methoxy groups -OCH3 is 2. The summed E-state index contributed by atoms with van der Waals surface area (Å²) in [5, 5.41) is 21.3. The minimum absolute atomic E-state index is 0.0465. The maximum atomic E-state index is 13.8. The molecule has 170 valence electrons. The van der Waals surface area contributed by atoms with E-state index in [2.05, 4.69) is 4.90 Å². The number of anilines is 1. The summed E-state index contributed by atoms with van der Waals surface area (Å²) in [5.41, 5.74) is -2.34. The van der Waals surface area contributed by atoms with Crippen LogP contribution in [-0.4, -0.2) is 71.8 Å². The van der Waals surface area contributed by atoms with E-state index in [-0.39, 0.29) is 29.3 Å². The van der Waals surface area contributed by atoms with Crippen LogP contribution in [-0.2, 0) is 24.5 Å². The molecule has 0 radical (unpaired) electrons. The number of Topliss-reactive ketones (excluding diaryl/α,β-unsaturated/α-hetero) is 1. The number of rotatable bonds is 1. The molecule has 2 unspecified atom stereocenters. The molecule has 2 aliphatic carbocycles. The highest BCUT2D eigenvalue weighted by atomic mass is 16.6. The molecule has 4 bridgehead atoms. The summed E-state index contributed by atoms with van der Waals surface area (Å²) in [7, 11) is 2.49. The van der Waals surface area contributed by atoms with E-state index in [0.717, 1.165) is 19.4 Å². The topological polar surface area (TPSA) is 117 Å². The van der Waals surface area contributed by atoms with Gasteiger partial charge in [0.2, 0.25) is 0 Å². The van der Waals surface area contributed by atoms with E-state index in [0.29, 0.717) is 24.9 Å². The molecule has 9 heteroatoms. The monoisotopic (exact) mass is 442 g/mol. The Morgan fingerprint density at radius 2 is 1.91 bits per heavy atom. The molecule has 6 rings (SSSR count). The van der Waals surface area contributed by atoms with Gasteiger partial charge in [-0.3, -0.25) is 14.6 Å². The van der Waals surface area contributed by atoms with Crippen LogP contribution < -0.4 is 4.90 Å². The van der Waals surface area contributed by atoms with Crippen molar-refractivity contribution in [2.24, 2.45) is 11.3 Å². The molecule has 2 N–H and O–H groups in total. The number of ether oxygens (including phenoxy) is 2. The largest absolute Gasteiger partial charge is 0.504 e. The molecule has 2 saturated heterocycles. The van der Waals surface area contributed by atoms with E-state index in [1.165, 1.54) is 25.2 Å². The van der Waals surface area contributed by atoms with E-state index in [4.69, 9.17) is 9.47 Å². The second-order valence-electron chi connectivity index (χ2n) is 9.91. The Morgan fingerprint density at radius 1 is 1.12 bits per heavy atom. The lowest BCUT2D eigenvalue weighted by molar-refractivity contribution is -0.166. The molecular weight excluding hydrogens is 416 g/mol. The van der Waals surface area contributed by atoms with Crippen LogP contribution in [0, 0.1) is 11.3 Å². The van der Waals surface area contributed by atoms with Gasteiger partial charge < -0.3 is 19.7 Å². The number of hydrogen-bond donors (Lipinski definition) is 2. The van der Waals surface area contributed by atoms with E-state index in [9.17, 15) is 24.6 Å². The fourth-order valence-corrected chi connectivity index (χ4v) is 8.38. The van der Waals surface area contributed by atoms with Crippen LogP contribution >= 0.6 is 0 Å². The summed E-state index contributed by atoms with van der Waals surface area (Å²) in [6.45, 7) is 1.31. The molecule has 32 heavy (non-hydrogen) atoms. The summed E-state index contributed by atoms with van der Waals surface area (Å²) < 4.78 is 10.4. The number of benzene rings is 1. The SMILES string of the molecule is COC(=O)N1c2c(ccc(O)c2O)[C@@]23C4CN5CCCC(CC[C@]12C(=O)OC)(CC4=O)[C@H]53. The van der Waals surface area contributed by atoms with Crippen molar-refractivity contribution in [2.75, 3.05) is 32.2 Å². The molecule has 1 amide bonds. The minimum atomic E-state index is -1.55. The number of phenolic OH excluding ortho intramolecular Hbond substituents is 2. The van der Waals surface area contributed by atoms with Crippen LogP contribution in [0.5, 0.6) is 11.5 Å². The lowest BCUT2D eigenvalue weighted by Crippen LogP contribution is -2.78. The summed E-state index contributed by atoms with van der Waals surface area (Å²) in [6, 6.07) is 2.87. The molecule has 9 nitrogen and oxygen atoms in total. The smallest absolute Gasteiger partial charge is 0.415 e. The zero-order chi connectivity index (χ0) is 22.6. The summed E-state index contributed by atoms with van der Waals surface area (Å²) >= 11 is 0. The fraction of sp³-hybridized carbons (Fsp3) is 0.609. The Hall–Kier alpha value is -2.81. The number of ketones is 1. The quantitative estimate of drug-likeness (QED) is 0.499. The van der Waals surface area contributed by atoms with Crippen molar-refractivity contribution in [3.63, 3.8) is 0 Å². The van der Waals surface area contributed by atoms with E-state index < -0.39 is 40.4 Å². The van der Waals surface area contributed by atoms with Crippen molar-refractivity contribution in [2.45, 2.75) is 49.1 Å². The Bertz CT molecular complexity index is 1090. The molecule has 5 aliphatic rings. The third kappa shape index (κ3) is 1.79. The first-order valence-corrected chi connectivity index (χ1v) is 11.1. The first-order chi connectivity index (χ1) is 15.3. The van der Waals surface area contributed by atoms with Crippen molar-refractivity contribution in [1.82, 2.24) is 4.90 Å². The minimum Gasteiger partial charge on any atom is -0.504 e. The number of nitrogens with zero attached hydrogens (tertiary/aromatic N) is 2. The second kappa shape index (κ2) is 5.95. The van der Waals surface area contributed by atoms with Crippen LogP contribution in [0.2, 0.25) is 0 Å². The zero-order valence-corrected chi connectivity index (χ0v) is 18.1. The normalized spacial score (nSPS) is 38.8. The second-order valence-corrected chi connectivity index (χ2v) is 9.91. The number of esters is 1. The van der Waals surface area contributed by atoms with E-state index in [1.807, 2.05) is 0 Å². The summed E-state index contributed by atoms with van der Waals surface area (Å²) in [5.74, 6) is -1.97. The van der Waals surface area contributed by atoms with Crippen LogP contribution in [0.3, 0.4) is 0 Å². The van der Waals surface area contributed by atoms with Gasteiger partial charge in [-0.25, -0.2) is 9.59 Å². The Labute approximate surface area is 184 Å². The van der Waals surface area contributed by atoms with Crippen LogP contribution in [0.15, 0.2) is 12.1 Å². The lowest BCUT2D eigenvalue weighted by atomic mass is 9.41. The highest BCUT2D eigenvalue weighted by Gasteiger charge is 2.84. The van der Waals surface area contributed by atoms with Crippen molar-refractivity contribution in [3.8, 4) is 11.5 Å². The highest BCUT2D eigenvalue weighted by Crippen LogP contribution is 2.75. The predicted octanol–water partition coefficient (Wildman–Crippen LogP) is 1.68. The predicted molar refractivity (Wildman–Crippen MR) is 110 cm³/mol. The molecule has 1 aromatic carbocycles. The number of carbonyl (C=O) groups is 3. The van der Waals surface area contributed by atoms with E-state index in [1.54, 1.807) is 6.07 Å². The van der Waals surface area contributed by atoms with Gasteiger partial charge in [0.05, 0.1) is 25.3 Å². The van der Waals surface area contributed by atoms with Crippen molar-refractivity contribution < 1.29 is 34.1 Å². The Balaban J connectivity index is 1.77. The highest BCUT2D eigenvalue weighted by molar-refractivity contribution is 6.08. The number of hydrogen-bond acceptors (Lipinski definition) is 8. The molecule has 3 aliphatic heterocycles. The van der Waals surface area contributed by atoms with Crippen molar-refractivity contribution in [3.05, 3.63) is 17.7 Å². The van der Waals surface area contributed by atoms with Gasteiger partial charge in [0.15, 0.2) is 17.0 Å². The van der Waals surface area contributed by atoms with Gasteiger partial charge in [-0.05, 0) is 49.3 Å². The maximum Gasteiger partial charge on any atom is 0.415 e. The van der Waals surface area contributed by atoms with Crippen molar-refractivity contribution in [1.29, 1.82) is 0 Å². The molecule has 4 fully saturated rings. The standard InChI is InChI=1S/C23H26N2O7/c1-31-19(29)22-8-7-21-6-3-9-24-11-13(15(27)10-21)23(22,18(21)24)12-4-5-14(26)17(28)16(12)25(22)20(30)32-2/h4-5,13,18,26,28H,3,6-11H2,1-2H3/t13?,18-,21?,22+,23-/m0/s1. The maximum absolute atomic E-state index is 13.8. The zero-order valence-electron chi connectivity index (χ0n) is 18.1. The number of aromatic hydroxyl groups is 2. The average molecular weight is 442 g/mol. The van der Waals surface area contributed by atoms with Crippen LogP contribution in [0.4, 0.5) is 10.5 Å². The molecule has 0 aromatic heterocycles. The molecule has 1 aromatic rings. The van der Waals surface area contributed by atoms with Gasteiger partial charge in [-0.15, -0.1) is 0 Å². The molecule has 1 spiro atoms. The van der Waals surface area contributed by atoms with Gasteiger partial charge in [0, 0.05) is 24.9 Å². The molecule has 5 atom stereocenters. The lowest BCUT2D eigenvalue weighted by Gasteiger charge is -2.64. The molecule has 3 heterocycles. The summed E-state index contributed by atoms with van der Waals surface area (Å²) in [6.07, 6.45) is 2.36. The average Bonchev–Trinajstić information content (AvgIpc) is 3.26. The third-order valence-electron chi connectivity index (χ3n) is 9.11. The van der Waals surface area contributed by atoms with E-state index >= 15 is 0 Å². The van der Waals surface area contributed by atoms with Gasteiger partial charge in [-0.2, -0.15) is 0 Å². The number of fused-ring (bicyclic) bond motifs is 1. The number of piperidine rings is 1. The third-order valence-corrected chi connectivity index (χ3v) is 9.11. The Morgan fingerprint density at radius 3 is 2.62 bits per heavy atom. The molecular formula is C23H26N2O7.